The number of hydrogen-bond donors (Lipinski definition) is 1. The highest BCUT2D eigenvalue weighted by molar-refractivity contribution is 5.19. The van der Waals surface area contributed by atoms with Gasteiger partial charge in [-0.05, 0) is 33.8 Å². The molecule has 1 fully saturated rings. The maximum absolute atomic E-state index is 12.3. The molecule has 1 aliphatic heterocycles. The highest BCUT2D eigenvalue weighted by Gasteiger charge is 2.53. The first-order valence-corrected chi connectivity index (χ1v) is 5.50. The van der Waals surface area contributed by atoms with Gasteiger partial charge in [-0.15, -0.1) is 10.3 Å². The summed E-state index contributed by atoms with van der Waals surface area (Å²) in [6.45, 7) is 8.02. The smallest absolute Gasteiger partial charge is 0.116 e. The van der Waals surface area contributed by atoms with Crippen LogP contribution in [-0.4, -0.2) is 21.1 Å². The highest BCUT2D eigenvalue weighted by Crippen LogP contribution is 2.40. The van der Waals surface area contributed by atoms with Crippen LogP contribution in [0, 0.1) is 0 Å². The van der Waals surface area contributed by atoms with E-state index in [4.69, 9.17) is 0 Å². The van der Waals surface area contributed by atoms with Crippen LogP contribution >= 0.6 is 0 Å². The van der Waals surface area contributed by atoms with Gasteiger partial charge in [0, 0.05) is 23.5 Å². The Kier molecular flexibility index (Phi) is 2.53. The second kappa shape index (κ2) is 3.52. The fourth-order valence-corrected chi connectivity index (χ4v) is 1.93. The molecule has 0 spiro atoms. The molecule has 1 atom stereocenters. The Morgan fingerprint density at radius 3 is 2.50 bits per heavy atom. The molecule has 4 nitrogen and oxygen atoms in total. The molecule has 2 rings (SSSR count). The molecule has 1 saturated heterocycles. The van der Waals surface area contributed by atoms with Gasteiger partial charge in [0.1, 0.15) is 6.17 Å². The molecule has 0 bridgehead atoms. The van der Waals surface area contributed by atoms with E-state index in [0.29, 0.717) is 0 Å². The maximum Gasteiger partial charge on any atom is 0.116 e. The molecular weight excluding hydrogens is 202 g/mol. The molecule has 1 aromatic heterocycles. The molecule has 2 heterocycles. The van der Waals surface area contributed by atoms with E-state index in [2.05, 4.69) is 10.3 Å². The van der Waals surface area contributed by atoms with E-state index in [0.717, 1.165) is 10.6 Å². The van der Waals surface area contributed by atoms with Crippen LogP contribution in [-0.2, 0) is 5.21 Å². The van der Waals surface area contributed by atoms with Gasteiger partial charge in [0.15, 0.2) is 0 Å². The largest absolute Gasteiger partial charge is 0.289 e. The molecule has 0 amide bonds. The van der Waals surface area contributed by atoms with Gasteiger partial charge in [-0.3, -0.25) is 10.3 Å². The normalized spacial score (nSPS) is 28.2. The van der Waals surface area contributed by atoms with Gasteiger partial charge >= 0.3 is 0 Å². The minimum atomic E-state index is -0.437. The molecule has 0 aliphatic carbocycles. The summed E-state index contributed by atoms with van der Waals surface area (Å²) in [7, 11) is 0. The van der Waals surface area contributed by atoms with Crippen LogP contribution in [0.3, 0.4) is 0 Å². The van der Waals surface area contributed by atoms with Crippen LogP contribution in [0.1, 0.15) is 39.4 Å². The van der Waals surface area contributed by atoms with E-state index >= 15 is 0 Å². The Morgan fingerprint density at radius 2 is 2.06 bits per heavy atom. The summed E-state index contributed by atoms with van der Waals surface area (Å²) in [5.41, 5.74) is 0.249. The second-order valence-electron chi connectivity index (χ2n) is 5.34. The third-order valence-corrected chi connectivity index (χ3v) is 3.81. The van der Waals surface area contributed by atoms with E-state index in [1.807, 2.05) is 39.8 Å². The Balaban J connectivity index is 2.35. The fourth-order valence-electron chi connectivity index (χ4n) is 1.93. The zero-order valence-electron chi connectivity index (χ0n) is 10.2. The van der Waals surface area contributed by atoms with Crippen LogP contribution in [0.4, 0.5) is 0 Å². The number of hydrogen-bond acceptors (Lipinski definition) is 3. The van der Waals surface area contributed by atoms with Crippen molar-refractivity contribution in [3.05, 3.63) is 30.1 Å². The van der Waals surface area contributed by atoms with Crippen molar-refractivity contribution >= 4 is 0 Å². The monoisotopic (exact) mass is 220 g/mol. The Morgan fingerprint density at radius 1 is 1.38 bits per heavy atom. The van der Waals surface area contributed by atoms with Gasteiger partial charge in [0.2, 0.25) is 0 Å². The van der Waals surface area contributed by atoms with E-state index in [1.54, 1.807) is 12.4 Å². The summed E-state index contributed by atoms with van der Waals surface area (Å²) < 4.78 is 0. The minimum absolute atomic E-state index is 0.227. The lowest BCUT2D eigenvalue weighted by atomic mass is 9.84. The van der Waals surface area contributed by atoms with Crippen molar-refractivity contribution in [1.29, 1.82) is 0 Å². The molecule has 1 radical (unpaired) electrons. The van der Waals surface area contributed by atoms with Gasteiger partial charge in [0.05, 0.1) is 5.54 Å². The van der Waals surface area contributed by atoms with E-state index in [9.17, 15) is 5.21 Å². The number of nitrogens with one attached hydrogen (secondary N) is 1. The number of nitrogens with zero attached hydrogens (tertiary/aromatic N) is 2. The zero-order valence-corrected chi connectivity index (χ0v) is 10.2. The number of pyridine rings is 1. The number of rotatable bonds is 1. The first kappa shape index (κ1) is 11.5. The van der Waals surface area contributed by atoms with Gasteiger partial charge in [-0.2, -0.15) is 0 Å². The molecule has 1 unspecified atom stereocenters. The van der Waals surface area contributed by atoms with Crippen LogP contribution in [0.5, 0.6) is 0 Å². The quantitative estimate of drug-likeness (QED) is 0.786. The lowest BCUT2D eigenvalue weighted by molar-refractivity contribution is -0.228. The predicted molar refractivity (Wildman–Crippen MR) is 60.8 cm³/mol. The average Bonchev–Trinajstić information content (AvgIpc) is 2.40. The minimum Gasteiger partial charge on any atom is -0.289 e. The first-order chi connectivity index (χ1) is 7.36. The Bertz CT molecular complexity index is 375. The molecule has 4 heteroatoms. The van der Waals surface area contributed by atoms with Crippen molar-refractivity contribution in [3.63, 3.8) is 0 Å². The summed E-state index contributed by atoms with van der Waals surface area (Å²) >= 11 is 0. The van der Waals surface area contributed by atoms with Crippen LogP contribution in [0.15, 0.2) is 24.5 Å². The topological polar surface area (TPSA) is 48.1 Å². The standard InChI is InChI=1S/C12H18N3O/c1-11(2)12(3,4)15(16)10(14-11)9-6-5-7-13-8-9/h5-8,10,14H,1-4H3. The lowest BCUT2D eigenvalue weighted by Crippen LogP contribution is -2.51. The Labute approximate surface area is 96.3 Å². The van der Waals surface area contributed by atoms with Crippen LogP contribution in [0.25, 0.3) is 0 Å². The molecular formula is C12H18N3O. The van der Waals surface area contributed by atoms with Crippen molar-refractivity contribution in [2.75, 3.05) is 0 Å². The van der Waals surface area contributed by atoms with Gasteiger partial charge < -0.3 is 0 Å². The van der Waals surface area contributed by atoms with Crippen molar-refractivity contribution in [3.8, 4) is 0 Å². The molecule has 0 aromatic carbocycles. The molecule has 0 saturated carbocycles. The number of hydroxylamine groups is 2. The summed E-state index contributed by atoms with van der Waals surface area (Å²) in [6, 6.07) is 3.77. The first-order valence-electron chi connectivity index (χ1n) is 5.50. The average molecular weight is 220 g/mol. The highest BCUT2D eigenvalue weighted by atomic mass is 16.5. The van der Waals surface area contributed by atoms with Crippen LogP contribution < -0.4 is 5.32 Å². The third-order valence-electron chi connectivity index (χ3n) is 3.81. The third kappa shape index (κ3) is 1.54. The molecule has 87 valence electrons. The summed E-state index contributed by atoms with van der Waals surface area (Å²) in [6.07, 6.45) is 3.14. The summed E-state index contributed by atoms with van der Waals surface area (Å²) in [5.74, 6) is 0. The summed E-state index contributed by atoms with van der Waals surface area (Å²) in [4.78, 5) is 4.05. The van der Waals surface area contributed by atoms with Gasteiger partial charge in [-0.1, -0.05) is 6.07 Å². The van der Waals surface area contributed by atoms with Crippen molar-refractivity contribution in [2.45, 2.75) is 44.9 Å². The van der Waals surface area contributed by atoms with Crippen molar-refractivity contribution < 1.29 is 5.21 Å². The molecule has 16 heavy (non-hydrogen) atoms. The molecule has 1 aliphatic rings. The van der Waals surface area contributed by atoms with Gasteiger partial charge in [-0.25, -0.2) is 0 Å². The fraction of sp³-hybridized carbons (Fsp3) is 0.583. The van der Waals surface area contributed by atoms with E-state index in [-0.39, 0.29) is 11.7 Å². The van der Waals surface area contributed by atoms with E-state index < -0.39 is 5.54 Å². The van der Waals surface area contributed by atoms with Gasteiger partial charge in [0.25, 0.3) is 0 Å². The predicted octanol–water partition coefficient (Wildman–Crippen LogP) is 1.89. The van der Waals surface area contributed by atoms with Crippen molar-refractivity contribution in [1.82, 2.24) is 15.4 Å². The Hall–Kier alpha value is -0.970. The van der Waals surface area contributed by atoms with Crippen LogP contribution in [0.2, 0.25) is 0 Å². The van der Waals surface area contributed by atoms with E-state index in [1.165, 1.54) is 0 Å². The zero-order chi connectivity index (χ0) is 12.0. The van der Waals surface area contributed by atoms with Crippen molar-refractivity contribution in [2.24, 2.45) is 0 Å². The maximum atomic E-state index is 12.3. The number of aromatic nitrogens is 1. The lowest BCUT2D eigenvalue weighted by Gasteiger charge is -2.35. The molecule has 1 N–H and O–H groups in total. The SMILES string of the molecule is CC1(C)NC(c2cccnc2)N([O])C1(C)C. The molecule has 1 aromatic rings. The second-order valence-corrected chi connectivity index (χ2v) is 5.34. The summed E-state index contributed by atoms with van der Waals surface area (Å²) in [5, 5.41) is 16.8.